The van der Waals surface area contributed by atoms with E-state index in [0.29, 0.717) is 13.8 Å². The highest BCUT2D eigenvalue weighted by Gasteiger charge is 2.51. The summed E-state index contributed by atoms with van der Waals surface area (Å²) in [5, 5.41) is 14.7. The Hall–Kier alpha value is -3.26. The molecule has 0 saturated carbocycles. The minimum absolute atomic E-state index is 0.0483. The molecule has 2 aromatic carbocycles. The molecule has 9 nitrogen and oxygen atoms in total. The van der Waals surface area contributed by atoms with Crippen LogP contribution in [0.15, 0.2) is 41.3 Å². The number of amides is 2. The summed E-state index contributed by atoms with van der Waals surface area (Å²) in [7, 11) is -4.52. The molecule has 0 bridgehead atoms. The number of carbonyl (C=O) groups is 2. The number of nitrogens with zero attached hydrogens (tertiary/aromatic N) is 1. The van der Waals surface area contributed by atoms with Crippen molar-refractivity contribution in [1.29, 1.82) is 0 Å². The van der Waals surface area contributed by atoms with E-state index in [1.807, 2.05) is 0 Å². The number of nitrogens with one attached hydrogen (secondary N) is 2. The molecule has 0 spiro atoms. The second kappa shape index (κ2) is 11.6. The van der Waals surface area contributed by atoms with Crippen LogP contribution in [0.3, 0.4) is 0 Å². The van der Waals surface area contributed by atoms with Gasteiger partial charge in [-0.05, 0) is 63.6 Å². The highest BCUT2D eigenvalue weighted by Crippen LogP contribution is 2.36. The molecule has 0 saturated heterocycles. The Morgan fingerprint density at radius 2 is 1.79 bits per heavy atom. The van der Waals surface area contributed by atoms with Crippen molar-refractivity contribution in [1.82, 2.24) is 5.32 Å². The van der Waals surface area contributed by atoms with E-state index in [9.17, 15) is 40.7 Å². The van der Waals surface area contributed by atoms with Gasteiger partial charge in [0.25, 0.3) is 10.0 Å². The summed E-state index contributed by atoms with van der Waals surface area (Å²) in [6.07, 6.45) is -6.30. The molecule has 1 unspecified atom stereocenters. The van der Waals surface area contributed by atoms with Gasteiger partial charge in [-0.15, -0.1) is 0 Å². The number of hydrogen-bond donors (Lipinski definition) is 3. The molecule has 3 N–H and O–H groups in total. The summed E-state index contributed by atoms with van der Waals surface area (Å²) in [4.78, 5) is 23.1. The van der Waals surface area contributed by atoms with Crippen molar-refractivity contribution in [2.45, 2.75) is 56.8 Å². The van der Waals surface area contributed by atoms with Gasteiger partial charge < -0.3 is 15.2 Å². The molecular formula is C23H26ClF4N3O6S. The standard InChI is InChI=1S/C23H26ClF4N3O6S/c1-13(29-14(2)32)9-10-31(38(35,36)16-6-7-18(25)17(24)12-16)19-11-15(5-8-20(19)33)30-21(34)37-22(3,4)23(26,27)28/h5-8,11-13,33H,9-10H2,1-4H3,(H,29,32)(H,30,34). The lowest BCUT2D eigenvalue weighted by Crippen LogP contribution is -2.44. The van der Waals surface area contributed by atoms with E-state index in [4.69, 9.17) is 11.6 Å². The summed E-state index contributed by atoms with van der Waals surface area (Å²) in [6.45, 7) is 3.85. The second-order valence-corrected chi connectivity index (χ2v) is 11.0. The smallest absolute Gasteiger partial charge is 0.427 e. The van der Waals surface area contributed by atoms with Gasteiger partial charge in [0.2, 0.25) is 11.5 Å². The summed E-state index contributed by atoms with van der Waals surface area (Å²) in [5.41, 5.74) is -3.39. The number of carbonyl (C=O) groups excluding carboxylic acids is 2. The first-order valence-electron chi connectivity index (χ1n) is 11.0. The minimum atomic E-state index is -4.86. The van der Waals surface area contributed by atoms with Crippen molar-refractivity contribution in [3.63, 3.8) is 0 Å². The molecule has 0 aromatic heterocycles. The number of aromatic hydroxyl groups is 1. The predicted octanol–water partition coefficient (Wildman–Crippen LogP) is 5.18. The van der Waals surface area contributed by atoms with Gasteiger partial charge in [0.1, 0.15) is 11.6 Å². The average Bonchev–Trinajstić information content (AvgIpc) is 2.75. The van der Waals surface area contributed by atoms with Crippen LogP contribution in [0.1, 0.15) is 34.1 Å². The van der Waals surface area contributed by atoms with Gasteiger partial charge in [0, 0.05) is 25.2 Å². The van der Waals surface area contributed by atoms with Crippen LogP contribution >= 0.6 is 11.6 Å². The molecule has 2 rings (SSSR count). The molecule has 38 heavy (non-hydrogen) atoms. The van der Waals surface area contributed by atoms with Gasteiger partial charge in [0.15, 0.2) is 0 Å². The molecule has 0 aliphatic rings. The maximum atomic E-state index is 13.7. The van der Waals surface area contributed by atoms with Crippen LogP contribution in [-0.2, 0) is 19.6 Å². The number of halogens is 5. The van der Waals surface area contributed by atoms with Crippen LogP contribution in [0.2, 0.25) is 5.02 Å². The first-order chi connectivity index (χ1) is 17.3. The number of hydrogen-bond acceptors (Lipinski definition) is 6. The molecule has 210 valence electrons. The molecule has 15 heteroatoms. The average molecular weight is 584 g/mol. The number of alkyl halides is 3. The molecule has 0 aliphatic heterocycles. The minimum Gasteiger partial charge on any atom is -0.506 e. The van der Waals surface area contributed by atoms with Crippen molar-refractivity contribution in [2.24, 2.45) is 0 Å². The van der Waals surface area contributed by atoms with Crippen LogP contribution in [-0.4, -0.2) is 49.9 Å². The highest BCUT2D eigenvalue weighted by molar-refractivity contribution is 7.92. The zero-order valence-corrected chi connectivity index (χ0v) is 22.3. The Kier molecular flexibility index (Phi) is 9.48. The van der Waals surface area contributed by atoms with E-state index < -0.39 is 55.4 Å². The molecule has 0 radical (unpaired) electrons. The lowest BCUT2D eigenvalue weighted by Gasteiger charge is -2.28. The summed E-state index contributed by atoms with van der Waals surface area (Å²) in [6, 6.07) is 5.28. The zero-order valence-electron chi connectivity index (χ0n) is 20.7. The molecule has 0 aliphatic carbocycles. The Balaban J connectivity index is 2.48. The normalized spacial score (nSPS) is 13.0. The van der Waals surface area contributed by atoms with Gasteiger partial charge in [-0.1, -0.05) is 11.6 Å². The highest BCUT2D eigenvalue weighted by atomic mass is 35.5. The van der Waals surface area contributed by atoms with Gasteiger partial charge >= 0.3 is 12.3 Å². The van der Waals surface area contributed by atoms with Crippen LogP contribution < -0.4 is 14.9 Å². The van der Waals surface area contributed by atoms with Crippen LogP contribution in [0.25, 0.3) is 0 Å². The van der Waals surface area contributed by atoms with Gasteiger partial charge in [0.05, 0.1) is 15.6 Å². The van der Waals surface area contributed by atoms with Crippen molar-refractivity contribution in [2.75, 3.05) is 16.2 Å². The largest absolute Gasteiger partial charge is 0.506 e. The van der Waals surface area contributed by atoms with Crippen molar-refractivity contribution < 1.29 is 45.4 Å². The van der Waals surface area contributed by atoms with Crippen molar-refractivity contribution in [3.8, 4) is 5.75 Å². The topological polar surface area (TPSA) is 125 Å². The molecule has 0 heterocycles. The number of rotatable bonds is 9. The molecule has 2 aromatic rings. The molecule has 1 atom stereocenters. The zero-order chi connectivity index (χ0) is 29.1. The number of ether oxygens (including phenoxy) is 1. The fraction of sp³-hybridized carbons (Fsp3) is 0.391. The molecule has 2 amide bonds. The Bertz CT molecular complexity index is 1300. The van der Waals surface area contributed by atoms with Crippen molar-refractivity contribution in [3.05, 3.63) is 47.2 Å². The summed E-state index contributed by atoms with van der Waals surface area (Å²) < 4.78 is 85.1. The van der Waals surface area contributed by atoms with Crippen LogP contribution in [0, 0.1) is 5.82 Å². The van der Waals surface area contributed by atoms with Gasteiger partial charge in [-0.25, -0.2) is 17.6 Å². The van der Waals surface area contributed by atoms with E-state index in [1.165, 1.54) is 6.92 Å². The second-order valence-electron chi connectivity index (χ2n) is 8.77. The fourth-order valence-electron chi connectivity index (χ4n) is 3.10. The lowest BCUT2D eigenvalue weighted by molar-refractivity contribution is -0.242. The maximum Gasteiger partial charge on any atom is 0.427 e. The number of phenolic OH excluding ortho intramolecular Hbond substituents is 1. The number of anilines is 2. The van der Waals surface area contributed by atoms with E-state index in [-0.39, 0.29) is 30.2 Å². The van der Waals surface area contributed by atoms with Gasteiger partial charge in [-0.3, -0.25) is 14.4 Å². The van der Waals surface area contributed by atoms with E-state index in [0.717, 1.165) is 40.7 Å². The third-order valence-corrected chi connectivity index (χ3v) is 7.31. The van der Waals surface area contributed by atoms with Crippen LogP contribution in [0.4, 0.5) is 33.7 Å². The molecule has 0 fully saturated rings. The number of benzene rings is 2. The lowest BCUT2D eigenvalue weighted by atomic mass is 10.1. The summed E-state index contributed by atoms with van der Waals surface area (Å²) >= 11 is 5.76. The Morgan fingerprint density at radius 1 is 1.16 bits per heavy atom. The fourth-order valence-corrected chi connectivity index (χ4v) is 4.86. The van der Waals surface area contributed by atoms with E-state index in [2.05, 4.69) is 15.4 Å². The maximum absolute atomic E-state index is 13.7. The predicted molar refractivity (Wildman–Crippen MR) is 132 cm³/mol. The third kappa shape index (κ3) is 7.63. The van der Waals surface area contributed by atoms with Crippen LogP contribution in [0.5, 0.6) is 5.75 Å². The monoisotopic (exact) mass is 583 g/mol. The quantitative estimate of drug-likeness (QED) is 0.276. The first kappa shape index (κ1) is 31.0. The number of sulfonamides is 1. The van der Waals surface area contributed by atoms with Crippen molar-refractivity contribution >= 4 is 45.0 Å². The van der Waals surface area contributed by atoms with E-state index in [1.54, 1.807) is 6.92 Å². The Morgan fingerprint density at radius 3 is 2.34 bits per heavy atom. The van der Waals surface area contributed by atoms with E-state index >= 15 is 0 Å². The first-order valence-corrected chi connectivity index (χ1v) is 12.8. The number of phenols is 1. The Labute approximate surface area is 221 Å². The third-order valence-electron chi connectivity index (χ3n) is 5.21. The SMILES string of the molecule is CC(=O)NC(C)CCN(c1cc(NC(=O)OC(C)(C)C(F)(F)F)ccc1O)S(=O)(=O)c1ccc(F)c(Cl)c1. The van der Waals surface area contributed by atoms with Gasteiger partial charge in [-0.2, -0.15) is 13.2 Å². The molecular weight excluding hydrogens is 558 g/mol. The summed E-state index contributed by atoms with van der Waals surface area (Å²) in [5.74, 6) is -1.80.